The van der Waals surface area contributed by atoms with E-state index in [1.807, 2.05) is 12.1 Å². The summed E-state index contributed by atoms with van der Waals surface area (Å²) in [5, 5.41) is 6.06. The standard InChI is InChI=1S/C58H40N2OSi/c1-62(2)53-29-12-10-25-47(53)49-30-31-50-54(51-27-15-26-48-46-24-9-11-28-52(46)61-56(48)51)59-58(60-55(50)57(49)62)42-23-14-21-40(33-42)39-20-13-22-41(32-39)45-35-43(37-16-5-3-6-17-37)34-44(36-45)38-18-7-4-8-19-38/h3-36H,1-2H3. The van der Waals surface area contributed by atoms with Crippen molar-refractivity contribution in [1.82, 2.24) is 9.97 Å². The molecule has 4 heteroatoms. The number of nitrogens with zero attached hydrogens (tertiary/aromatic N) is 2. The van der Waals surface area contributed by atoms with Crippen molar-refractivity contribution in [2.75, 3.05) is 0 Å². The highest BCUT2D eigenvalue weighted by molar-refractivity contribution is 7.05. The lowest BCUT2D eigenvalue weighted by atomic mass is 9.92. The molecule has 0 radical (unpaired) electrons. The molecule has 12 rings (SSSR count). The van der Waals surface area contributed by atoms with Crippen LogP contribution in [0.4, 0.5) is 0 Å². The van der Waals surface area contributed by atoms with Crippen molar-refractivity contribution in [3.63, 3.8) is 0 Å². The molecule has 0 amide bonds. The van der Waals surface area contributed by atoms with E-state index in [1.165, 1.54) is 49.3 Å². The monoisotopic (exact) mass is 808 g/mol. The van der Waals surface area contributed by atoms with E-state index in [-0.39, 0.29) is 0 Å². The van der Waals surface area contributed by atoms with Gasteiger partial charge in [0, 0.05) is 27.3 Å². The molecule has 9 aromatic carbocycles. The fraction of sp³-hybridized carbons (Fsp3) is 0.0345. The number of rotatable bonds is 6. The molecule has 3 heterocycles. The van der Waals surface area contributed by atoms with Crippen molar-refractivity contribution in [2.24, 2.45) is 0 Å². The zero-order valence-electron chi connectivity index (χ0n) is 34.4. The Balaban J connectivity index is 1.03. The highest BCUT2D eigenvalue weighted by Crippen LogP contribution is 2.41. The normalized spacial score (nSPS) is 12.8. The molecular formula is C58H40N2OSi. The summed E-state index contributed by atoms with van der Waals surface area (Å²) < 4.78 is 6.65. The fourth-order valence-corrected chi connectivity index (χ4v) is 13.2. The lowest BCUT2D eigenvalue weighted by Crippen LogP contribution is -2.49. The maximum atomic E-state index is 6.65. The molecule has 1 aliphatic rings. The van der Waals surface area contributed by atoms with Crippen LogP contribution in [0, 0.1) is 0 Å². The molecule has 0 N–H and O–H groups in total. The number of furan rings is 1. The van der Waals surface area contributed by atoms with Crippen molar-refractivity contribution in [2.45, 2.75) is 13.1 Å². The fourth-order valence-electron chi connectivity index (χ4n) is 9.82. The van der Waals surface area contributed by atoms with Crippen LogP contribution in [-0.4, -0.2) is 18.0 Å². The topological polar surface area (TPSA) is 38.9 Å². The molecule has 11 aromatic rings. The third-order valence-corrected chi connectivity index (χ3v) is 16.4. The van der Waals surface area contributed by atoms with Crippen LogP contribution < -0.4 is 10.4 Å². The van der Waals surface area contributed by atoms with Crippen molar-refractivity contribution in [3.8, 4) is 78.3 Å². The average molecular weight is 809 g/mol. The first kappa shape index (κ1) is 36.2. The van der Waals surface area contributed by atoms with E-state index in [9.17, 15) is 0 Å². The molecule has 0 spiro atoms. The Morgan fingerprint density at radius 2 is 0.887 bits per heavy atom. The number of hydrogen-bond acceptors (Lipinski definition) is 3. The molecule has 0 saturated carbocycles. The van der Waals surface area contributed by atoms with Crippen LogP contribution in [0.25, 0.3) is 111 Å². The maximum Gasteiger partial charge on any atom is 0.160 e. The van der Waals surface area contributed by atoms with Gasteiger partial charge in [0.25, 0.3) is 0 Å². The third kappa shape index (κ3) is 5.87. The van der Waals surface area contributed by atoms with Gasteiger partial charge in [0.15, 0.2) is 5.82 Å². The van der Waals surface area contributed by atoms with Crippen LogP contribution in [0.2, 0.25) is 13.1 Å². The molecule has 62 heavy (non-hydrogen) atoms. The first-order valence-electron chi connectivity index (χ1n) is 21.3. The first-order valence-corrected chi connectivity index (χ1v) is 24.3. The summed E-state index contributed by atoms with van der Waals surface area (Å²) >= 11 is 0. The predicted molar refractivity (Wildman–Crippen MR) is 262 cm³/mol. The van der Waals surface area contributed by atoms with Gasteiger partial charge in [-0.2, -0.15) is 0 Å². The minimum Gasteiger partial charge on any atom is -0.455 e. The second kappa shape index (κ2) is 14.2. The van der Waals surface area contributed by atoms with Crippen LogP contribution in [0.1, 0.15) is 0 Å². The highest BCUT2D eigenvalue weighted by Gasteiger charge is 2.39. The molecule has 0 bridgehead atoms. The number of benzene rings is 9. The maximum absolute atomic E-state index is 6.65. The van der Waals surface area contributed by atoms with Gasteiger partial charge in [0.1, 0.15) is 19.2 Å². The Kier molecular flexibility index (Phi) is 8.31. The third-order valence-electron chi connectivity index (χ3n) is 12.8. The first-order chi connectivity index (χ1) is 30.5. The predicted octanol–water partition coefficient (Wildman–Crippen LogP) is 14.3. The van der Waals surface area contributed by atoms with E-state index in [0.29, 0.717) is 5.82 Å². The second-order valence-electron chi connectivity index (χ2n) is 16.9. The number of hydrogen-bond donors (Lipinski definition) is 0. The van der Waals surface area contributed by atoms with Crippen molar-refractivity contribution < 1.29 is 4.42 Å². The van der Waals surface area contributed by atoms with E-state index in [2.05, 4.69) is 207 Å². The van der Waals surface area contributed by atoms with Gasteiger partial charge in [-0.05, 0) is 115 Å². The van der Waals surface area contributed by atoms with Crippen LogP contribution in [0.15, 0.2) is 211 Å². The van der Waals surface area contributed by atoms with E-state index in [1.54, 1.807) is 0 Å². The van der Waals surface area contributed by atoms with E-state index in [0.717, 1.165) is 66.4 Å². The Bertz CT molecular complexity index is 3490. The SMILES string of the molecule is C[Si]1(C)c2ccccc2-c2ccc3c(-c4cccc5c4oc4ccccc45)nc(-c4cccc(-c5cccc(-c6cc(-c7ccccc7)cc(-c7ccccc7)c6)c5)c4)nc3c21. The van der Waals surface area contributed by atoms with E-state index < -0.39 is 8.07 Å². The summed E-state index contributed by atoms with van der Waals surface area (Å²) in [6.45, 7) is 4.93. The molecule has 1 aliphatic heterocycles. The summed E-state index contributed by atoms with van der Waals surface area (Å²) in [6, 6.07) is 74.0. The second-order valence-corrected chi connectivity index (χ2v) is 21.2. The van der Waals surface area contributed by atoms with Gasteiger partial charge in [-0.3, -0.25) is 0 Å². The molecule has 0 unspecified atom stereocenters. The zero-order chi connectivity index (χ0) is 41.4. The van der Waals surface area contributed by atoms with E-state index >= 15 is 0 Å². The van der Waals surface area contributed by atoms with Gasteiger partial charge < -0.3 is 4.42 Å². The summed E-state index contributed by atoms with van der Waals surface area (Å²) in [7, 11) is -2.14. The quantitative estimate of drug-likeness (QED) is 0.157. The van der Waals surface area contributed by atoms with Crippen LogP contribution in [0.5, 0.6) is 0 Å². The molecule has 0 atom stereocenters. The molecule has 0 aliphatic carbocycles. The Morgan fingerprint density at radius 1 is 0.371 bits per heavy atom. The summed E-state index contributed by atoms with van der Waals surface area (Å²) in [4.78, 5) is 11.1. The van der Waals surface area contributed by atoms with Crippen LogP contribution >= 0.6 is 0 Å². The van der Waals surface area contributed by atoms with Crippen molar-refractivity contribution in [3.05, 3.63) is 206 Å². The Morgan fingerprint density at radius 3 is 1.61 bits per heavy atom. The summed E-state index contributed by atoms with van der Waals surface area (Å²) in [6.07, 6.45) is 0. The van der Waals surface area contributed by atoms with E-state index in [4.69, 9.17) is 14.4 Å². The van der Waals surface area contributed by atoms with Gasteiger partial charge in [-0.15, -0.1) is 0 Å². The van der Waals surface area contributed by atoms with Gasteiger partial charge in [-0.1, -0.05) is 171 Å². The number of fused-ring (bicyclic) bond motifs is 8. The van der Waals surface area contributed by atoms with Crippen LogP contribution in [-0.2, 0) is 0 Å². The van der Waals surface area contributed by atoms with Gasteiger partial charge in [0.2, 0.25) is 0 Å². The lowest BCUT2D eigenvalue weighted by molar-refractivity contribution is 0.670. The summed E-state index contributed by atoms with van der Waals surface area (Å²) in [5.41, 5.74) is 17.5. The molecule has 0 saturated heterocycles. The number of para-hydroxylation sites is 2. The van der Waals surface area contributed by atoms with Gasteiger partial charge in [0.05, 0.1) is 11.2 Å². The Labute approximate surface area is 361 Å². The minimum absolute atomic E-state index is 0.704. The molecular weight excluding hydrogens is 769 g/mol. The highest BCUT2D eigenvalue weighted by atomic mass is 28.3. The largest absolute Gasteiger partial charge is 0.455 e. The van der Waals surface area contributed by atoms with Crippen molar-refractivity contribution in [1.29, 1.82) is 0 Å². The Hall–Kier alpha value is -7.66. The van der Waals surface area contributed by atoms with Crippen LogP contribution in [0.3, 0.4) is 0 Å². The zero-order valence-corrected chi connectivity index (χ0v) is 35.4. The number of aromatic nitrogens is 2. The smallest absolute Gasteiger partial charge is 0.160 e. The molecule has 292 valence electrons. The molecule has 0 fully saturated rings. The van der Waals surface area contributed by atoms with Crippen molar-refractivity contribution >= 4 is 51.3 Å². The van der Waals surface area contributed by atoms with Gasteiger partial charge >= 0.3 is 0 Å². The molecule has 2 aromatic heterocycles. The minimum atomic E-state index is -2.14. The average Bonchev–Trinajstić information content (AvgIpc) is 3.84. The molecule has 3 nitrogen and oxygen atoms in total. The summed E-state index contributed by atoms with van der Waals surface area (Å²) in [5.74, 6) is 0.704. The van der Waals surface area contributed by atoms with Gasteiger partial charge in [-0.25, -0.2) is 9.97 Å². The lowest BCUT2D eigenvalue weighted by Gasteiger charge is -2.21.